The zero-order valence-corrected chi connectivity index (χ0v) is 13.4. The van der Waals surface area contributed by atoms with Gasteiger partial charge in [0.2, 0.25) is 5.91 Å². The smallest absolute Gasteiger partial charge is 0.225 e. The van der Waals surface area contributed by atoms with Crippen LogP contribution in [0.15, 0.2) is 24.3 Å². The van der Waals surface area contributed by atoms with Gasteiger partial charge in [-0.3, -0.25) is 9.69 Å². The highest BCUT2D eigenvalue weighted by Gasteiger charge is 2.35. The molecule has 0 bridgehead atoms. The Morgan fingerprint density at radius 3 is 2.90 bits per heavy atom. The van der Waals surface area contributed by atoms with E-state index in [4.69, 9.17) is 11.6 Å². The Bertz CT molecular complexity index is 515. The SMILES string of the molecule is CN(C(=O)C1CC1)C1CCCN(Cc2cccc(Cl)c2)C1. The minimum Gasteiger partial charge on any atom is -0.341 e. The van der Waals surface area contributed by atoms with Crippen molar-refractivity contribution < 1.29 is 4.79 Å². The van der Waals surface area contributed by atoms with E-state index in [1.54, 1.807) is 0 Å². The summed E-state index contributed by atoms with van der Waals surface area (Å²) in [6.45, 7) is 3.00. The molecule has 1 aromatic carbocycles. The second kappa shape index (κ2) is 6.37. The van der Waals surface area contributed by atoms with Crippen molar-refractivity contribution in [1.29, 1.82) is 0 Å². The van der Waals surface area contributed by atoms with Gasteiger partial charge in [0.15, 0.2) is 0 Å². The monoisotopic (exact) mass is 306 g/mol. The summed E-state index contributed by atoms with van der Waals surface area (Å²) in [7, 11) is 1.98. The number of halogens is 1. The number of rotatable bonds is 4. The molecule has 4 heteroatoms. The number of hydrogen-bond donors (Lipinski definition) is 0. The summed E-state index contributed by atoms with van der Waals surface area (Å²) in [4.78, 5) is 16.6. The van der Waals surface area contributed by atoms with Crippen LogP contribution in [0.1, 0.15) is 31.2 Å². The van der Waals surface area contributed by atoms with Crippen molar-refractivity contribution in [3.63, 3.8) is 0 Å². The van der Waals surface area contributed by atoms with E-state index in [9.17, 15) is 4.79 Å². The van der Waals surface area contributed by atoms with Crippen molar-refractivity contribution in [2.75, 3.05) is 20.1 Å². The van der Waals surface area contributed by atoms with Gasteiger partial charge in [-0.05, 0) is 49.9 Å². The van der Waals surface area contributed by atoms with E-state index < -0.39 is 0 Å². The van der Waals surface area contributed by atoms with Gasteiger partial charge in [0.25, 0.3) is 0 Å². The minimum atomic E-state index is 0.318. The van der Waals surface area contributed by atoms with Gasteiger partial charge in [-0.1, -0.05) is 23.7 Å². The number of benzene rings is 1. The first kappa shape index (κ1) is 14.9. The molecule has 1 amide bonds. The molecule has 1 saturated carbocycles. The molecule has 0 radical (unpaired) electrons. The molecule has 1 aliphatic carbocycles. The molecule has 1 aliphatic heterocycles. The number of likely N-dealkylation sites (N-methyl/N-ethyl adjacent to an activating group) is 1. The summed E-state index contributed by atoms with van der Waals surface area (Å²) in [5.41, 5.74) is 1.25. The number of piperidine rings is 1. The number of carbonyl (C=O) groups is 1. The average molecular weight is 307 g/mol. The Labute approximate surface area is 131 Å². The standard InChI is InChI=1S/C17H23ClN2O/c1-19(17(21)14-7-8-14)16-6-3-9-20(12-16)11-13-4-2-5-15(18)10-13/h2,4-5,10,14,16H,3,6-9,11-12H2,1H3. The van der Waals surface area contributed by atoms with Crippen LogP contribution in [0.25, 0.3) is 0 Å². The summed E-state index contributed by atoms with van der Waals surface area (Å²) >= 11 is 6.05. The lowest BCUT2D eigenvalue weighted by Crippen LogP contribution is -2.48. The first-order valence-corrected chi connectivity index (χ1v) is 8.25. The lowest BCUT2D eigenvalue weighted by molar-refractivity contribution is -0.134. The molecule has 3 rings (SSSR count). The predicted molar refractivity (Wildman–Crippen MR) is 85.2 cm³/mol. The first-order valence-electron chi connectivity index (χ1n) is 7.87. The quantitative estimate of drug-likeness (QED) is 0.853. The molecule has 1 saturated heterocycles. The summed E-state index contributed by atoms with van der Waals surface area (Å²) in [6.07, 6.45) is 4.46. The molecule has 0 aromatic heterocycles. The topological polar surface area (TPSA) is 23.6 Å². The summed E-state index contributed by atoms with van der Waals surface area (Å²) in [5, 5.41) is 0.794. The van der Waals surface area contributed by atoms with E-state index in [0.29, 0.717) is 17.9 Å². The zero-order valence-electron chi connectivity index (χ0n) is 12.6. The number of likely N-dealkylation sites (tertiary alicyclic amines) is 1. The fourth-order valence-corrected chi connectivity index (χ4v) is 3.40. The van der Waals surface area contributed by atoms with Crippen LogP contribution >= 0.6 is 11.6 Å². The van der Waals surface area contributed by atoms with E-state index in [-0.39, 0.29) is 0 Å². The van der Waals surface area contributed by atoms with Crippen LogP contribution in [0, 0.1) is 5.92 Å². The summed E-state index contributed by atoms with van der Waals surface area (Å²) < 4.78 is 0. The maximum absolute atomic E-state index is 12.2. The fourth-order valence-electron chi connectivity index (χ4n) is 3.18. The van der Waals surface area contributed by atoms with Crippen LogP contribution < -0.4 is 0 Å². The van der Waals surface area contributed by atoms with Gasteiger partial charge in [-0.15, -0.1) is 0 Å². The maximum atomic E-state index is 12.2. The Morgan fingerprint density at radius 1 is 1.38 bits per heavy atom. The van der Waals surface area contributed by atoms with Gasteiger partial charge in [-0.2, -0.15) is 0 Å². The van der Waals surface area contributed by atoms with E-state index in [2.05, 4.69) is 11.0 Å². The van der Waals surface area contributed by atoms with Gasteiger partial charge in [-0.25, -0.2) is 0 Å². The van der Waals surface area contributed by atoms with Crippen LogP contribution in [-0.2, 0) is 11.3 Å². The van der Waals surface area contributed by atoms with Crippen LogP contribution in [0.4, 0.5) is 0 Å². The van der Waals surface area contributed by atoms with Crippen LogP contribution in [-0.4, -0.2) is 41.9 Å². The molecule has 0 spiro atoms. The number of hydrogen-bond acceptors (Lipinski definition) is 2. The average Bonchev–Trinajstić information content (AvgIpc) is 3.31. The van der Waals surface area contributed by atoms with E-state index in [1.165, 1.54) is 5.56 Å². The highest BCUT2D eigenvalue weighted by atomic mass is 35.5. The highest BCUT2D eigenvalue weighted by molar-refractivity contribution is 6.30. The largest absolute Gasteiger partial charge is 0.341 e. The molecule has 1 atom stereocenters. The van der Waals surface area contributed by atoms with E-state index in [0.717, 1.165) is 50.3 Å². The van der Waals surface area contributed by atoms with Crippen LogP contribution in [0.2, 0.25) is 5.02 Å². The Balaban J connectivity index is 1.58. The molecule has 0 N–H and O–H groups in total. The van der Waals surface area contributed by atoms with Crippen LogP contribution in [0.5, 0.6) is 0 Å². The fraction of sp³-hybridized carbons (Fsp3) is 0.588. The molecule has 3 nitrogen and oxygen atoms in total. The second-order valence-corrected chi connectivity index (χ2v) is 6.82. The number of carbonyl (C=O) groups excluding carboxylic acids is 1. The van der Waals surface area contributed by atoms with Gasteiger partial charge in [0.1, 0.15) is 0 Å². The second-order valence-electron chi connectivity index (χ2n) is 6.38. The summed E-state index contributed by atoms with van der Waals surface area (Å²) in [5.74, 6) is 0.669. The molecule has 21 heavy (non-hydrogen) atoms. The lowest BCUT2D eigenvalue weighted by atomic mass is 10.0. The molecular weight excluding hydrogens is 284 g/mol. The van der Waals surface area contributed by atoms with Gasteiger partial charge < -0.3 is 4.90 Å². The Kier molecular flexibility index (Phi) is 4.51. The van der Waals surface area contributed by atoms with Crippen molar-refractivity contribution in [2.45, 2.75) is 38.3 Å². The molecule has 2 fully saturated rings. The Morgan fingerprint density at radius 2 is 2.19 bits per heavy atom. The third-order valence-electron chi connectivity index (χ3n) is 4.60. The highest BCUT2D eigenvalue weighted by Crippen LogP contribution is 2.32. The lowest BCUT2D eigenvalue weighted by Gasteiger charge is -2.37. The Hall–Kier alpha value is -1.06. The van der Waals surface area contributed by atoms with Crippen molar-refractivity contribution >= 4 is 17.5 Å². The molecular formula is C17H23ClN2O. The third-order valence-corrected chi connectivity index (χ3v) is 4.83. The van der Waals surface area contributed by atoms with Crippen LogP contribution in [0.3, 0.4) is 0 Å². The maximum Gasteiger partial charge on any atom is 0.225 e. The number of amides is 1. The van der Waals surface area contributed by atoms with Crippen molar-refractivity contribution in [3.8, 4) is 0 Å². The molecule has 2 aliphatic rings. The van der Waals surface area contributed by atoms with E-state index >= 15 is 0 Å². The molecule has 1 aromatic rings. The van der Waals surface area contributed by atoms with Crippen molar-refractivity contribution in [2.24, 2.45) is 5.92 Å². The first-order chi connectivity index (χ1) is 10.1. The minimum absolute atomic E-state index is 0.318. The van der Waals surface area contributed by atoms with Crippen molar-refractivity contribution in [3.05, 3.63) is 34.9 Å². The molecule has 114 valence electrons. The molecule has 1 heterocycles. The third kappa shape index (κ3) is 3.78. The molecule has 1 unspecified atom stereocenters. The normalized spacial score (nSPS) is 23.0. The van der Waals surface area contributed by atoms with Gasteiger partial charge in [0.05, 0.1) is 0 Å². The summed E-state index contributed by atoms with van der Waals surface area (Å²) in [6, 6.07) is 8.43. The van der Waals surface area contributed by atoms with Gasteiger partial charge >= 0.3 is 0 Å². The zero-order chi connectivity index (χ0) is 14.8. The van der Waals surface area contributed by atoms with E-state index in [1.807, 2.05) is 30.1 Å². The van der Waals surface area contributed by atoms with Gasteiger partial charge in [0, 0.05) is 37.1 Å². The number of nitrogens with zero attached hydrogens (tertiary/aromatic N) is 2. The van der Waals surface area contributed by atoms with Crippen molar-refractivity contribution in [1.82, 2.24) is 9.80 Å². The predicted octanol–water partition coefficient (Wildman–Crippen LogP) is 3.17.